The van der Waals surface area contributed by atoms with E-state index in [2.05, 4.69) is 9.88 Å². The summed E-state index contributed by atoms with van der Waals surface area (Å²) in [7, 11) is 0. The Labute approximate surface area is 122 Å². The second-order valence-electron chi connectivity index (χ2n) is 5.72. The topological polar surface area (TPSA) is 58.1 Å². The van der Waals surface area contributed by atoms with Gasteiger partial charge in [-0.15, -0.1) is 0 Å². The summed E-state index contributed by atoms with van der Waals surface area (Å²) >= 11 is 1.84. The molecule has 2 saturated heterocycles. The molecule has 0 aromatic carbocycles. The lowest BCUT2D eigenvalue weighted by molar-refractivity contribution is 0.218. The van der Waals surface area contributed by atoms with E-state index in [1.807, 2.05) is 18.7 Å². The third-order valence-electron chi connectivity index (χ3n) is 4.33. The molecule has 110 valence electrons. The van der Waals surface area contributed by atoms with E-state index in [1.54, 1.807) is 4.57 Å². The van der Waals surface area contributed by atoms with Gasteiger partial charge in [0.05, 0.1) is 11.6 Å². The van der Waals surface area contributed by atoms with Crippen LogP contribution in [0.25, 0.3) is 0 Å². The highest BCUT2D eigenvalue weighted by Crippen LogP contribution is 2.29. The van der Waals surface area contributed by atoms with E-state index in [1.165, 1.54) is 19.3 Å². The third-order valence-corrected chi connectivity index (χ3v) is 5.57. The van der Waals surface area contributed by atoms with Gasteiger partial charge in [0.2, 0.25) is 0 Å². The van der Waals surface area contributed by atoms with Gasteiger partial charge in [-0.2, -0.15) is 11.8 Å². The summed E-state index contributed by atoms with van der Waals surface area (Å²) in [6.45, 7) is 4.69. The number of likely N-dealkylation sites (tertiary alicyclic amines) is 1. The molecular formula is C14H21N3O2S. The van der Waals surface area contributed by atoms with Crippen molar-refractivity contribution >= 4 is 11.8 Å². The van der Waals surface area contributed by atoms with Gasteiger partial charge in [0.25, 0.3) is 5.56 Å². The van der Waals surface area contributed by atoms with Crippen LogP contribution in [0.15, 0.2) is 9.59 Å². The Morgan fingerprint density at radius 2 is 1.90 bits per heavy atom. The smallest absolute Gasteiger partial charge is 0.299 e. The lowest BCUT2D eigenvalue weighted by Gasteiger charge is -2.31. The highest BCUT2D eigenvalue weighted by atomic mass is 32.2. The van der Waals surface area contributed by atoms with Gasteiger partial charge in [-0.25, -0.2) is 4.79 Å². The number of piperidine rings is 1. The van der Waals surface area contributed by atoms with Crippen LogP contribution in [0.2, 0.25) is 0 Å². The largest absolute Gasteiger partial charge is 0.328 e. The number of nitrogens with one attached hydrogen (secondary N) is 1. The van der Waals surface area contributed by atoms with Crippen molar-refractivity contribution in [3.8, 4) is 0 Å². The third kappa shape index (κ3) is 2.59. The molecule has 3 heterocycles. The summed E-state index contributed by atoms with van der Waals surface area (Å²) in [4.78, 5) is 29.0. The number of aromatic amines is 1. The molecule has 6 heteroatoms. The van der Waals surface area contributed by atoms with Gasteiger partial charge in [0, 0.05) is 23.7 Å². The SMILES string of the molecule is Cc1c(CN2CCCCC2)c(=O)[nH]c(=O)n1C1CSC1. The van der Waals surface area contributed by atoms with E-state index in [4.69, 9.17) is 0 Å². The first-order valence-electron chi connectivity index (χ1n) is 7.31. The number of thioether (sulfide) groups is 1. The van der Waals surface area contributed by atoms with Crippen LogP contribution in [0, 0.1) is 6.92 Å². The number of hydrogen-bond donors (Lipinski definition) is 1. The maximum atomic E-state index is 12.1. The molecule has 0 amide bonds. The van der Waals surface area contributed by atoms with Crippen molar-refractivity contribution in [2.24, 2.45) is 0 Å². The summed E-state index contributed by atoms with van der Waals surface area (Å²) in [6.07, 6.45) is 3.69. The molecular weight excluding hydrogens is 274 g/mol. The summed E-state index contributed by atoms with van der Waals surface area (Å²) in [5.41, 5.74) is 1.17. The van der Waals surface area contributed by atoms with Gasteiger partial charge in [-0.3, -0.25) is 19.2 Å². The average molecular weight is 295 g/mol. The number of H-pyrrole nitrogens is 1. The Morgan fingerprint density at radius 3 is 2.50 bits per heavy atom. The fourth-order valence-electron chi connectivity index (χ4n) is 3.03. The lowest BCUT2D eigenvalue weighted by Crippen LogP contribution is -2.42. The van der Waals surface area contributed by atoms with E-state index < -0.39 is 0 Å². The molecule has 2 aliphatic heterocycles. The van der Waals surface area contributed by atoms with E-state index in [0.717, 1.165) is 35.9 Å². The van der Waals surface area contributed by atoms with Gasteiger partial charge >= 0.3 is 5.69 Å². The van der Waals surface area contributed by atoms with Crippen LogP contribution in [0.4, 0.5) is 0 Å². The molecule has 3 rings (SSSR count). The fraction of sp³-hybridized carbons (Fsp3) is 0.714. The predicted molar refractivity (Wildman–Crippen MR) is 81.5 cm³/mol. The molecule has 0 radical (unpaired) electrons. The van der Waals surface area contributed by atoms with E-state index in [9.17, 15) is 9.59 Å². The minimum absolute atomic E-state index is 0.207. The standard InChI is InChI=1S/C14H21N3O2S/c1-10-12(7-16-5-3-2-4-6-16)13(18)15-14(19)17(10)11-8-20-9-11/h11H,2-9H2,1H3,(H,15,18,19). The molecule has 1 aromatic rings. The Morgan fingerprint density at radius 1 is 1.20 bits per heavy atom. The van der Waals surface area contributed by atoms with Crippen LogP contribution in [0.5, 0.6) is 0 Å². The van der Waals surface area contributed by atoms with Gasteiger partial charge in [0.1, 0.15) is 0 Å². The molecule has 0 spiro atoms. The predicted octanol–water partition coefficient (Wildman–Crippen LogP) is 1.12. The zero-order valence-corrected chi connectivity index (χ0v) is 12.7. The first-order chi connectivity index (χ1) is 9.66. The average Bonchev–Trinajstić information content (AvgIpc) is 2.38. The number of hydrogen-bond acceptors (Lipinski definition) is 4. The lowest BCUT2D eigenvalue weighted by atomic mass is 10.1. The quantitative estimate of drug-likeness (QED) is 0.908. The Kier molecular flexibility index (Phi) is 4.03. The molecule has 2 fully saturated rings. The van der Waals surface area contributed by atoms with E-state index in [0.29, 0.717) is 6.54 Å². The van der Waals surface area contributed by atoms with Crippen molar-refractivity contribution in [3.63, 3.8) is 0 Å². The second-order valence-corrected chi connectivity index (χ2v) is 6.80. The Bertz CT molecular complexity index is 597. The zero-order chi connectivity index (χ0) is 14.1. The molecule has 0 saturated carbocycles. The highest BCUT2D eigenvalue weighted by Gasteiger charge is 2.25. The molecule has 0 aliphatic carbocycles. The molecule has 20 heavy (non-hydrogen) atoms. The van der Waals surface area contributed by atoms with Crippen molar-refractivity contribution in [1.82, 2.24) is 14.5 Å². The van der Waals surface area contributed by atoms with Gasteiger partial charge in [-0.05, 0) is 32.9 Å². The number of aromatic nitrogens is 2. The Balaban J connectivity index is 1.92. The van der Waals surface area contributed by atoms with Crippen LogP contribution in [-0.4, -0.2) is 39.0 Å². The molecule has 0 atom stereocenters. The van der Waals surface area contributed by atoms with Crippen LogP contribution < -0.4 is 11.2 Å². The minimum Gasteiger partial charge on any atom is -0.299 e. The monoisotopic (exact) mass is 295 g/mol. The zero-order valence-electron chi connectivity index (χ0n) is 11.9. The summed E-state index contributed by atoms with van der Waals surface area (Å²) in [5.74, 6) is 1.94. The van der Waals surface area contributed by atoms with E-state index in [-0.39, 0.29) is 17.3 Å². The first-order valence-corrected chi connectivity index (χ1v) is 8.46. The number of rotatable bonds is 3. The molecule has 1 N–H and O–H groups in total. The minimum atomic E-state index is -0.250. The molecule has 0 unspecified atom stereocenters. The van der Waals surface area contributed by atoms with Crippen molar-refractivity contribution in [2.75, 3.05) is 24.6 Å². The van der Waals surface area contributed by atoms with Crippen LogP contribution >= 0.6 is 11.8 Å². The van der Waals surface area contributed by atoms with Crippen molar-refractivity contribution in [3.05, 3.63) is 32.1 Å². The van der Waals surface area contributed by atoms with Crippen molar-refractivity contribution in [1.29, 1.82) is 0 Å². The highest BCUT2D eigenvalue weighted by molar-refractivity contribution is 8.00. The van der Waals surface area contributed by atoms with Crippen LogP contribution in [0.3, 0.4) is 0 Å². The van der Waals surface area contributed by atoms with Crippen molar-refractivity contribution < 1.29 is 0 Å². The maximum Gasteiger partial charge on any atom is 0.328 e. The number of nitrogens with zero attached hydrogens (tertiary/aromatic N) is 2. The van der Waals surface area contributed by atoms with Gasteiger partial charge in [-0.1, -0.05) is 6.42 Å². The summed E-state index contributed by atoms with van der Waals surface area (Å²) < 4.78 is 1.79. The van der Waals surface area contributed by atoms with E-state index >= 15 is 0 Å². The summed E-state index contributed by atoms with van der Waals surface area (Å²) in [6, 6.07) is 0.254. The summed E-state index contributed by atoms with van der Waals surface area (Å²) in [5, 5.41) is 0. The molecule has 1 aromatic heterocycles. The van der Waals surface area contributed by atoms with Crippen molar-refractivity contribution in [2.45, 2.75) is 38.8 Å². The molecule has 2 aliphatic rings. The Hall–Kier alpha value is -1.01. The fourth-order valence-corrected chi connectivity index (χ4v) is 3.78. The van der Waals surface area contributed by atoms with Crippen LogP contribution in [-0.2, 0) is 6.54 Å². The maximum absolute atomic E-state index is 12.1. The van der Waals surface area contributed by atoms with Gasteiger partial charge in [0.15, 0.2) is 0 Å². The molecule has 0 bridgehead atoms. The first kappa shape index (κ1) is 13.9. The molecule has 5 nitrogen and oxygen atoms in total. The van der Waals surface area contributed by atoms with Gasteiger partial charge < -0.3 is 0 Å². The normalized spacial score (nSPS) is 20.9. The second kappa shape index (κ2) is 5.77. The van der Waals surface area contributed by atoms with Crippen LogP contribution in [0.1, 0.15) is 36.6 Å².